The minimum Gasteiger partial charge on any atom is -0.493 e. The van der Waals surface area contributed by atoms with Gasteiger partial charge in [0.15, 0.2) is 23.0 Å². The molecule has 0 spiro atoms. The zero-order chi connectivity index (χ0) is 28.9. The smallest absolute Gasteiger partial charge is 0.339 e. The second-order valence-electron chi connectivity index (χ2n) is 8.09. The molecule has 1 saturated heterocycles. The molecule has 0 aromatic heterocycles. The quantitative estimate of drug-likeness (QED) is 0.170. The number of amides is 2. The highest BCUT2D eigenvalue weighted by Crippen LogP contribution is 2.41. The molecule has 0 atom stereocenters. The van der Waals surface area contributed by atoms with Crippen molar-refractivity contribution in [1.29, 1.82) is 0 Å². The van der Waals surface area contributed by atoms with E-state index in [0.29, 0.717) is 22.1 Å². The number of hydrogen-bond donors (Lipinski definition) is 0. The molecule has 0 unspecified atom stereocenters. The molecule has 13 heteroatoms. The summed E-state index contributed by atoms with van der Waals surface area (Å²) in [4.78, 5) is 26.8. The van der Waals surface area contributed by atoms with Crippen molar-refractivity contribution in [1.82, 2.24) is 4.90 Å². The lowest BCUT2D eigenvalue weighted by Gasteiger charge is -2.15. The molecule has 2 amide bonds. The van der Waals surface area contributed by atoms with E-state index in [1.807, 2.05) is 0 Å². The number of hydrogen-bond acceptors (Lipinski definition) is 9. The fourth-order valence-electron chi connectivity index (χ4n) is 3.60. The van der Waals surface area contributed by atoms with Crippen LogP contribution in [0.15, 0.2) is 74.9 Å². The maximum atomic E-state index is 13.0. The molecule has 0 saturated carbocycles. The van der Waals surface area contributed by atoms with Gasteiger partial charge in [0, 0.05) is 5.02 Å². The van der Waals surface area contributed by atoms with E-state index in [1.165, 1.54) is 43.5 Å². The van der Waals surface area contributed by atoms with Crippen molar-refractivity contribution in [2.75, 3.05) is 26.9 Å². The number of methoxy groups -OCH3 is 1. The standard InChI is InChI=1S/C27H23BrClNO8S2/c1-3-36-23-15-17(14-20(28)25(23)38-40(33,34)19-10-8-18(29)9-11-19)16-24-26(31)30(27(32)39-24)12-13-37-22-7-5-4-6-21(22)35-2/h4-11,14-16H,3,12-13H2,1-2H3/b24-16-. The summed E-state index contributed by atoms with van der Waals surface area (Å²) in [6, 6.07) is 15.7. The summed E-state index contributed by atoms with van der Waals surface area (Å²) in [5.74, 6) is 0.640. The molecule has 0 radical (unpaired) electrons. The summed E-state index contributed by atoms with van der Waals surface area (Å²) >= 11 is 10.00. The van der Waals surface area contributed by atoms with Gasteiger partial charge in [-0.2, -0.15) is 8.42 Å². The van der Waals surface area contributed by atoms with Gasteiger partial charge < -0.3 is 18.4 Å². The number of ether oxygens (including phenoxy) is 3. The average molecular weight is 669 g/mol. The summed E-state index contributed by atoms with van der Waals surface area (Å²) in [6.45, 7) is 2.08. The van der Waals surface area contributed by atoms with Gasteiger partial charge in [0.25, 0.3) is 11.1 Å². The number of halogens is 2. The van der Waals surface area contributed by atoms with Crippen molar-refractivity contribution in [3.05, 3.63) is 80.6 Å². The second-order valence-corrected chi connectivity index (χ2v) is 11.9. The Morgan fingerprint density at radius 3 is 2.38 bits per heavy atom. The monoisotopic (exact) mass is 667 g/mol. The molecular weight excluding hydrogens is 646 g/mol. The Balaban J connectivity index is 1.52. The molecule has 0 N–H and O–H groups in total. The van der Waals surface area contributed by atoms with Gasteiger partial charge in [-0.3, -0.25) is 14.5 Å². The number of imide groups is 1. The average Bonchev–Trinajstić information content (AvgIpc) is 3.18. The summed E-state index contributed by atoms with van der Waals surface area (Å²) in [7, 11) is -2.68. The maximum Gasteiger partial charge on any atom is 0.339 e. The number of rotatable bonds is 11. The third-order valence-electron chi connectivity index (χ3n) is 5.44. The van der Waals surface area contributed by atoms with Gasteiger partial charge in [-0.1, -0.05) is 23.7 Å². The number of carbonyl (C=O) groups excluding carboxylic acids is 2. The van der Waals surface area contributed by atoms with E-state index in [-0.39, 0.29) is 45.5 Å². The van der Waals surface area contributed by atoms with Crippen LogP contribution in [0.5, 0.6) is 23.0 Å². The van der Waals surface area contributed by atoms with Crippen LogP contribution in [0.1, 0.15) is 12.5 Å². The minimum atomic E-state index is -4.20. The first-order chi connectivity index (χ1) is 19.1. The van der Waals surface area contributed by atoms with E-state index in [4.69, 9.17) is 30.0 Å². The molecule has 1 aliphatic rings. The van der Waals surface area contributed by atoms with E-state index in [0.717, 1.165) is 16.7 Å². The Morgan fingerprint density at radius 1 is 1.00 bits per heavy atom. The van der Waals surface area contributed by atoms with Crippen molar-refractivity contribution in [2.45, 2.75) is 11.8 Å². The first-order valence-corrected chi connectivity index (χ1v) is 15.2. The minimum absolute atomic E-state index is 0.0449. The molecule has 40 heavy (non-hydrogen) atoms. The molecule has 210 valence electrons. The lowest BCUT2D eigenvalue weighted by molar-refractivity contribution is -0.123. The summed E-state index contributed by atoms with van der Waals surface area (Å²) in [5.41, 5.74) is 0.488. The largest absolute Gasteiger partial charge is 0.493 e. The van der Waals surface area contributed by atoms with Crippen molar-refractivity contribution >= 4 is 66.6 Å². The molecular formula is C27H23BrClNO8S2. The number of para-hydroxylation sites is 2. The van der Waals surface area contributed by atoms with Crippen molar-refractivity contribution in [3.63, 3.8) is 0 Å². The molecule has 3 aromatic rings. The second kappa shape index (κ2) is 13.0. The number of thioether (sulfide) groups is 1. The van der Waals surface area contributed by atoms with Crippen molar-refractivity contribution in [2.24, 2.45) is 0 Å². The Morgan fingerprint density at radius 2 is 1.70 bits per heavy atom. The highest BCUT2D eigenvalue weighted by molar-refractivity contribution is 9.10. The Labute approximate surface area is 249 Å². The van der Waals surface area contributed by atoms with Gasteiger partial charge >= 0.3 is 10.1 Å². The lowest BCUT2D eigenvalue weighted by atomic mass is 10.2. The molecule has 1 fully saturated rings. The third kappa shape index (κ3) is 6.92. The van der Waals surface area contributed by atoms with E-state index >= 15 is 0 Å². The van der Waals surface area contributed by atoms with Crippen molar-refractivity contribution in [3.8, 4) is 23.0 Å². The molecule has 1 heterocycles. The van der Waals surface area contributed by atoms with Gasteiger partial charge in [0.1, 0.15) is 11.5 Å². The number of benzene rings is 3. The van der Waals surface area contributed by atoms with E-state index < -0.39 is 21.3 Å². The van der Waals surface area contributed by atoms with E-state index in [1.54, 1.807) is 37.3 Å². The van der Waals surface area contributed by atoms with Gasteiger partial charge in [-0.25, -0.2) is 0 Å². The van der Waals surface area contributed by atoms with E-state index in [9.17, 15) is 18.0 Å². The SMILES string of the molecule is CCOc1cc(/C=C2\SC(=O)N(CCOc3ccccc3OC)C2=O)cc(Br)c1OS(=O)(=O)c1ccc(Cl)cc1. The Kier molecular flexibility index (Phi) is 9.67. The van der Waals surface area contributed by atoms with Gasteiger partial charge in [-0.15, -0.1) is 0 Å². The fourth-order valence-corrected chi connectivity index (χ4v) is 6.20. The first kappa shape index (κ1) is 29.8. The summed E-state index contributed by atoms with van der Waals surface area (Å²) in [5, 5.41) is -0.0501. The molecule has 4 rings (SSSR count). The van der Waals surface area contributed by atoms with Gasteiger partial charge in [0.05, 0.1) is 29.6 Å². The topological polar surface area (TPSA) is 108 Å². The van der Waals surface area contributed by atoms with Crippen LogP contribution in [-0.4, -0.2) is 51.3 Å². The van der Waals surface area contributed by atoms with Crippen LogP contribution < -0.4 is 18.4 Å². The molecule has 9 nitrogen and oxygen atoms in total. The van der Waals surface area contributed by atoms with Crippen LogP contribution in [0.25, 0.3) is 6.08 Å². The highest BCUT2D eigenvalue weighted by atomic mass is 79.9. The lowest BCUT2D eigenvalue weighted by Crippen LogP contribution is -2.32. The van der Waals surface area contributed by atoms with Gasteiger partial charge in [-0.05, 0) is 94.8 Å². The Bertz CT molecular complexity index is 1560. The molecule has 3 aromatic carbocycles. The van der Waals surface area contributed by atoms with Crippen LogP contribution in [0.3, 0.4) is 0 Å². The fraction of sp³-hybridized carbons (Fsp3) is 0.185. The molecule has 0 bridgehead atoms. The zero-order valence-corrected chi connectivity index (χ0v) is 25.2. The van der Waals surface area contributed by atoms with Crippen LogP contribution in [-0.2, 0) is 14.9 Å². The first-order valence-electron chi connectivity index (χ1n) is 11.8. The zero-order valence-electron chi connectivity index (χ0n) is 21.3. The third-order valence-corrected chi connectivity index (χ3v) is 8.42. The van der Waals surface area contributed by atoms with Crippen molar-refractivity contribution < 1.29 is 36.4 Å². The van der Waals surface area contributed by atoms with Gasteiger partial charge in [0.2, 0.25) is 0 Å². The number of carbonyl (C=O) groups is 2. The van der Waals surface area contributed by atoms with E-state index in [2.05, 4.69) is 15.9 Å². The maximum absolute atomic E-state index is 13.0. The normalized spacial score (nSPS) is 14.5. The molecule has 0 aliphatic carbocycles. The van der Waals surface area contributed by atoms with Crippen LogP contribution in [0, 0.1) is 0 Å². The Hall–Kier alpha value is -3.19. The predicted octanol–water partition coefficient (Wildman–Crippen LogP) is 6.39. The predicted molar refractivity (Wildman–Crippen MR) is 156 cm³/mol. The molecule has 1 aliphatic heterocycles. The highest BCUT2D eigenvalue weighted by Gasteiger charge is 2.35. The number of nitrogens with zero attached hydrogens (tertiary/aromatic N) is 1. The van der Waals surface area contributed by atoms with Crippen LogP contribution in [0.2, 0.25) is 5.02 Å². The summed E-state index contributed by atoms with van der Waals surface area (Å²) < 4.78 is 48.0. The van der Waals surface area contributed by atoms with Crippen LogP contribution >= 0.6 is 39.3 Å². The summed E-state index contributed by atoms with van der Waals surface area (Å²) in [6.07, 6.45) is 1.52. The van der Waals surface area contributed by atoms with Crippen LogP contribution in [0.4, 0.5) is 4.79 Å².